The number of aryl methyl sites for hydroxylation is 1. The number of nitrogens with one attached hydrogen (secondary N) is 2. The van der Waals surface area contributed by atoms with E-state index in [9.17, 15) is 4.79 Å². The molecule has 0 aromatic carbocycles. The average Bonchev–Trinajstić information content (AvgIpc) is 3.04. The molecule has 23 heavy (non-hydrogen) atoms. The maximum Gasteiger partial charge on any atom is 0.227 e. The van der Waals surface area contributed by atoms with E-state index >= 15 is 0 Å². The van der Waals surface area contributed by atoms with E-state index in [2.05, 4.69) is 25.3 Å². The number of amides is 1. The molecule has 0 aliphatic carbocycles. The summed E-state index contributed by atoms with van der Waals surface area (Å²) in [6, 6.07) is 7.30. The highest BCUT2D eigenvalue weighted by molar-refractivity contribution is 6.29. The minimum Gasteiger partial charge on any atom is -0.324 e. The van der Waals surface area contributed by atoms with Crippen LogP contribution in [0.15, 0.2) is 49.1 Å². The Morgan fingerprint density at radius 1 is 1.13 bits per heavy atom. The summed E-state index contributed by atoms with van der Waals surface area (Å²) in [5.41, 5.74) is 2.74. The molecular weight excluding hydrogens is 314 g/mol. The summed E-state index contributed by atoms with van der Waals surface area (Å²) < 4.78 is 0. The van der Waals surface area contributed by atoms with Gasteiger partial charge in [-0.1, -0.05) is 17.7 Å². The van der Waals surface area contributed by atoms with E-state index in [0.29, 0.717) is 23.9 Å². The Hall–Kier alpha value is -2.73. The Morgan fingerprint density at radius 2 is 1.96 bits per heavy atom. The molecule has 3 aromatic rings. The van der Waals surface area contributed by atoms with E-state index in [1.165, 1.54) is 0 Å². The fourth-order valence-corrected chi connectivity index (χ4v) is 2.18. The third kappa shape index (κ3) is 4.14. The molecular formula is C16H14ClN5O. The normalized spacial score (nSPS) is 10.5. The second kappa shape index (κ2) is 7.02. The molecule has 3 rings (SSSR count). The molecule has 3 heterocycles. The van der Waals surface area contributed by atoms with Gasteiger partial charge in [0, 0.05) is 30.6 Å². The fourth-order valence-electron chi connectivity index (χ4n) is 2.07. The standard InChI is InChI=1S/C16H14ClN5O/c17-14-3-1-11(9-19-14)2-4-15(23)22-16-20-10-13(21-16)12-5-7-18-8-6-12/h1,3,5-10H,2,4H2,(H2,20,21,22,23). The Bertz CT molecular complexity index is 786. The Kier molecular flexibility index (Phi) is 4.63. The van der Waals surface area contributed by atoms with Gasteiger partial charge in [0.05, 0.1) is 11.9 Å². The van der Waals surface area contributed by atoms with Crippen molar-refractivity contribution in [3.05, 3.63) is 59.8 Å². The number of aromatic amines is 1. The number of H-pyrrole nitrogens is 1. The van der Waals surface area contributed by atoms with Gasteiger partial charge in [0.2, 0.25) is 11.9 Å². The lowest BCUT2D eigenvalue weighted by Gasteiger charge is -2.02. The number of hydrogen-bond donors (Lipinski definition) is 2. The summed E-state index contributed by atoms with van der Waals surface area (Å²) in [6.07, 6.45) is 7.68. The highest BCUT2D eigenvalue weighted by atomic mass is 35.5. The van der Waals surface area contributed by atoms with Gasteiger partial charge in [-0.25, -0.2) is 9.97 Å². The molecule has 0 radical (unpaired) electrons. The van der Waals surface area contributed by atoms with E-state index in [4.69, 9.17) is 11.6 Å². The zero-order valence-corrected chi connectivity index (χ0v) is 12.9. The predicted octanol–water partition coefficient (Wildman–Crippen LogP) is 3.09. The third-order valence-electron chi connectivity index (χ3n) is 3.25. The maximum absolute atomic E-state index is 12.0. The van der Waals surface area contributed by atoms with Crippen LogP contribution in [-0.4, -0.2) is 25.8 Å². The second-order valence-corrected chi connectivity index (χ2v) is 5.31. The van der Waals surface area contributed by atoms with Crippen LogP contribution in [0.1, 0.15) is 12.0 Å². The number of hydrogen-bond acceptors (Lipinski definition) is 4. The first-order valence-corrected chi connectivity index (χ1v) is 7.44. The van der Waals surface area contributed by atoms with Crippen LogP contribution in [0.3, 0.4) is 0 Å². The van der Waals surface area contributed by atoms with Gasteiger partial charge in [-0.2, -0.15) is 0 Å². The van der Waals surface area contributed by atoms with Gasteiger partial charge in [0.15, 0.2) is 0 Å². The lowest BCUT2D eigenvalue weighted by atomic mass is 10.1. The van der Waals surface area contributed by atoms with E-state index in [1.54, 1.807) is 30.9 Å². The molecule has 3 aromatic heterocycles. The van der Waals surface area contributed by atoms with Crippen LogP contribution in [0, 0.1) is 0 Å². The van der Waals surface area contributed by atoms with Crippen LogP contribution in [0.25, 0.3) is 11.3 Å². The highest BCUT2D eigenvalue weighted by Gasteiger charge is 2.07. The number of nitrogens with zero attached hydrogens (tertiary/aromatic N) is 3. The largest absolute Gasteiger partial charge is 0.324 e. The van der Waals surface area contributed by atoms with Crippen LogP contribution in [-0.2, 0) is 11.2 Å². The number of carbonyl (C=O) groups excluding carboxylic acids is 1. The summed E-state index contributed by atoms with van der Waals surface area (Å²) in [7, 11) is 0. The molecule has 2 N–H and O–H groups in total. The van der Waals surface area contributed by atoms with Gasteiger partial charge in [-0.05, 0) is 30.2 Å². The molecule has 0 bridgehead atoms. The summed E-state index contributed by atoms with van der Waals surface area (Å²) in [4.78, 5) is 27.2. The van der Waals surface area contributed by atoms with Crippen LogP contribution >= 0.6 is 11.6 Å². The van der Waals surface area contributed by atoms with Gasteiger partial charge in [0.25, 0.3) is 0 Å². The van der Waals surface area contributed by atoms with Crippen molar-refractivity contribution in [3.63, 3.8) is 0 Å². The Balaban J connectivity index is 1.56. The molecule has 0 fully saturated rings. The van der Waals surface area contributed by atoms with Gasteiger partial charge in [0.1, 0.15) is 5.15 Å². The van der Waals surface area contributed by atoms with E-state index in [-0.39, 0.29) is 5.91 Å². The van der Waals surface area contributed by atoms with E-state index in [1.807, 2.05) is 18.2 Å². The molecule has 7 heteroatoms. The van der Waals surface area contributed by atoms with Crippen molar-refractivity contribution in [1.82, 2.24) is 19.9 Å². The van der Waals surface area contributed by atoms with Gasteiger partial charge in [-0.15, -0.1) is 0 Å². The predicted molar refractivity (Wildman–Crippen MR) is 88.0 cm³/mol. The molecule has 0 aliphatic heterocycles. The molecule has 0 atom stereocenters. The minimum absolute atomic E-state index is 0.115. The van der Waals surface area contributed by atoms with Gasteiger partial charge < -0.3 is 4.98 Å². The lowest BCUT2D eigenvalue weighted by molar-refractivity contribution is -0.116. The van der Waals surface area contributed by atoms with Crippen molar-refractivity contribution in [3.8, 4) is 11.3 Å². The molecule has 0 aliphatic rings. The number of aromatic nitrogens is 4. The van der Waals surface area contributed by atoms with Crippen molar-refractivity contribution >= 4 is 23.5 Å². The second-order valence-electron chi connectivity index (χ2n) is 4.92. The van der Waals surface area contributed by atoms with Crippen molar-refractivity contribution < 1.29 is 4.79 Å². The summed E-state index contributed by atoms with van der Waals surface area (Å²) in [6.45, 7) is 0. The number of halogens is 1. The Labute approximate surface area is 138 Å². The number of imidazole rings is 1. The maximum atomic E-state index is 12.0. The third-order valence-corrected chi connectivity index (χ3v) is 3.48. The first-order chi connectivity index (χ1) is 11.2. The van der Waals surface area contributed by atoms with E-state index in [0.717, 1.165) is 16.8 Å². The van der Waals surface area contributed by atoms with Crippen molar-refractivity contribution in [2.45, 2.75) is 12.8 Å². The van der Waals surface area contributed by atoms with Crippen LogP contribution < -0.4 is 5.32 Å². The first-order valence-electron chi connectivity index (χ1n) is 7.06. The Morgan fingerprint density at radius 3 is 2.70 bits per heavy atom. The van der Waals surface area contributed by atoms with Crippen molar-refractivity contribution in [2.75, 3.05) is 5.32 Å². The lowest BCUT2D eigenvalue weighted by Crippen LogP contribution is -2.13. The zero-order chi connectivity index (χ0) is 16.1. The molecule has 1 amide bonds. The molecule has 0 unspecified atom stereocenters. The smallest absolute Gasteiger partial charge is 0.227 e. The topological polar surface area (TPSA) is 83.6 Å². The SMILES string of the molecule is O=C(CCc1ccc(Cl)nc1)Nc1ncc(-c2ccncc2)[nH]1. The average molecular weight is 328 g/mol. The van der Waals surface area contributed by atoms with E-state index < -0.39 is 0 Å². The molecule has 0 saturated heterocycles. The van der Waals surface area contributed by atoms with Gasteiger partial charge >= 0.3 is 0 Å². The number of pyridine rings is 2. The number of rotatable bonds is 5. The first kappa shape index (κ1) is 15.2. The van der Waals surface area contributed by atoms with Crippen LogP contribution in [0.4, 0.5) is 5.95 Å². The fraction of sp³-hybridized carbons (Fsp3) is 0.125. The quantitative estimate of drug-likeness (QED) is 0.705. The molecule has 0 saturated carbocycles. The molecule has 0 spiro atoms. The van der Waals surface area contributed by atoms with Crippen molar-refractivity contribution in [2.24, 2.45) is 0 Å². The minimum atomic E-state index is -0.115. The summed E-state index contributed by atoms with van der Waals surface area (Å²) in [5.74, 6) is 0.312. The zero-order valence-electron chi connectivity index (χ0n) is 12.2. The molecule has 6 nitrogen and oxygen atoms in total. The van der Waals surface area contributed by atoms with Gasteiger partial charge in [-0.3, -0.25) is 15.1 Å². The van der Waals surface area contributed by atoms with Crippen LogP contribution in [0.2, 0.25) is 5.15 Å². The summed E-state index contributed by atoms with van der Waals surface area (Å²) >= 11 is 5.73. The molecule has 116 valence electrons. The number of carbonyl (C=O) groups is 1. The van der Waals surface area contributed by atoms with Crippen molar-refractivity contribution in [1.29, 1.82) is 0 Å². The van der Waals surface area contributed by atoms with Crippen LogP contribution in [0.5, 0.6) is 0 Å². The summed E-state index contributed by atoms with van der Waals surface area (Å²) in [5, 5.41) is 3.19. The monoisotopic (exact) mass is 327 g/mol. The number of anilines is 1. The highest BCUT2D eigenvalue weighted by Crippen LogP contribution is 2.17.